The zero-order valence-electron chi connectivity index (χ0n) is 13.7. The van der Waals surface area contributed by atoms with E-state index in [9.17, 15) is 14.7 Å². The summed E-state index contributed by atoms with van der Waals surface area (Å²) in [5.41, 5.74) is 1.57. The summed E-state index contributed by atoms with van der Waals surface area (Å²) in [6.45, 7) is -0.431. The maximum absolute atomic E-state index is 11.8. The van der Waals surface area contributed by atoms with Gasteiger partial charge in [0.05, 0.1) is 5.69 Å². The molecular formula is C20H16N2O4. The highest BCUT2D eigenvalue weighted by atomic mass is 16.4. The van der Waals surface area contributed by atoms with Crippen molar-refractivity contribution in [1.82, 2.24) is 5.32 Å². The fourth-order valence-electron chi connectivity index (χ4n) is 2.52. The second kappa shape index (κ2) is 7.48. The van der Waals surface area contributed by atoms with Gasteiger partial charge in [0.2, 0.25) is 0 Å². The van der Waals surface area contributed by atoms with Gasteiger partial charge < -0.3 is 15.5 Å². The molecule has 0 aliphatic carbocycles. The molecule has 0 aliphatic heterocycles. The van der Waals surface area contributed by atoms with Gasteiger partial charge in [-0.15, -0.1) is 0 Å². The first-order valence-corrected chi connectivity index (χ1v) is 7.89. The number of amides is 1. The van der Waals surface area contributed by atoms with Gasteiger partial charge in [-0.2, -0.15) is 0 Å². The number of phenolic OH excluding ortho intramolecular Hbond substituents is 1. The lowest BCUT2D eigenvalue weighted by Crippen LogP contribution is -2.29. The molecule has 3 aromatic carbocycles. The Morgan fingerprint density at radius 3 is 2.46 bits per heavy atom. The van der Waals surface area contributed by atoms with Crippen molar-refractivity contribution in [2.45, 2.75) is 0 Å². The van der Waals surface area contributed by atoms with Crippen molar-refractivity contribution in [3.8, 4) is 5.75 Å². The molecule has 3 N–H and O–H groups in total. The van der Waals surface area contributed by atoms with Crippen LogP contribution in [0.4, 0.5) is 5.69 Å². The second-order valence-corrected chi connectivity index (χ2v) is 5.60. The third-order valence-corrected chi connectivity index (χ3v) is 3.82. The molecular weight excluding hydrogens is 332 g/mol. The summed E-state index contributed by atoms with van der Waals surface area (Å²) in [7, 11) is 0. The lowest BCUT2D eigenvalue weighted by Gasteiger charge is -2.05. The number of aliphatic carboxylic acids is 1. The standard InChI is InChI=1S/C20H16N2O4/c23-18-10-7-13-3-1-2-4-16(13)17(18)11-21-15-8-5-14(6-9-15)20(26)22-12-19(24)25/h1-11,23H,12H2,(H,22,26)(H,24,25). The Balaban J connectivity index is 1.80. The van der Waals surface area contributed by atoms with E-state index in [1.807, 2.05) is 30.3 Å². The van der Waals surface area contributed by atoms with E-state index < -0.39 is 18.4 Å². The molecule has 0 radical (unpaired) electrons. The number of rotatable bonds is 5. The summed E-state index contributed by atoms with van der Waals surface area (Å²) in [6.07, 6.45) is 1.58. The Kier molecular flexibility index (Phi) is 4.94. The highest BCUT2D eigenvalue weighted by Gasteiger charge is 2.07. The van der Waals surface area contributed by atoms with Crippen LogP contribution in [0.1, 0.15) is 15.9 Å². The molecule has 0 fully saturated rings. The van der Waals surface area contributed by atoms with Crippen molar-refractivity contribution in [2.24, 2.45) is 4.99 Å². The molecule has 1 amide bonds. The molecule has 0 aromatic heterocycles. The van der Waals surface area contributed by atoms with E-state index in [1.54, 1.807) is 36.5 Å². The average molecular weight is 348 g/mol. The van der Waals surface area contributed by atoms with E-state index in [2.05, 4.69) is 10.3 Å². The summed E-state index contributed by atoms with van der Waals surface area (Å²) in [5.74, 6) is -1.43. The SMILES string of the molecule is O=C(O)CNC(=O)c1ccc(N=Cc2c(O)ccc3ccccc23)cc1. The number of aromatic hydroxyl groups is 1. The smallest absolute Gasteiger partial charge is 0.322 e. The first-order valence-electron chi connectivity index (χ1n) is 7.89. The molecule has 6 heteroatoms. The molecule has 3 aromatic rings. The summed E-state index contributed by atoms with van der Waals surface area (Å²) < 4.78 is 0. The van der Waals surface area contributed by atoms with Crippen LogP contribution in [0.15, 0.2) is 65.7 Å². The van der Waals surface area contributed by atoms with Gasteiger partial charge in [-0.1, -0.05) is 30.3 Å². The lowest BCUT2D eigenvalue weighted by molar-refractivity contribution is -0.135. The van der Waals surface area contributed by atoms with Crippen LogP contribution >= 0.6 is 0 Å². The largest absolute Gasteiger partial charge is 0.507 e. The van der Waals surface area contributed by atoms with Gasteiger partial charge in [-0.05, 0) is 41.1 Å². The predicted molar refractivity (Wildman–Crippen MR) is 99.3 cm³/mol. The van der Waals surface area contributed by atoms with Crippen molar-refractivity contribution in [3.05, 3.63) is 71.8 Å². The lowest BCUT2D eigenvalue weighted by atomic mass is 10.0. The molecule has 0 aliphatic rings. The molecule has 0 heterocycles. The minimum absolute atomic E-state index is 0.136. The molecule has 0 bridgehead atoms. The number of phenols is 1. The second-order valence-electron chi connectivity index (χ2n) is 5.60. The topological polar surface area (TPSA) is 99.0 Å². The van der Waals surface area contributed by atoms with E-state index in [-0.39, 0.29) is 5.75 Å². The molecule has 6 nitrogen and oxygen atoms in total. The number of carboxylic acid groups (broad SMARTS) is 1. The Hall–Kier alpha value is -3.67. The number of carbonyl (C=O) groups excluding carboxylic acids is 1. The minimum atomic E-state index is -1.10. The number of benzene rings is 3. The number of carboxylic acids is 1. The van der Waals surface area contributed by atoms with E-state index in [4.69, 9.17) is 5.11 Å². The Morgan fingerprint density at radius 2 is 1.73 bits per heavy atom. The first kappa shape index (κ1) is 17.2. The van der Waals surface area contributed by atoms with Crippen LogP contribution in [-0.2, 0) is 4.79 Å². The summed E-state index contributed by atoms with van der Waals surface area (Å²) in [4.78, 5) is 26.6. The number of nitrogens with one attached hydrogen (secondary N) is 1. The monoisotopic (exact) mass is 348 g/mol. The molecule has 0 atom stereocenters. The predicted octanol–water partition coefficient (Wildman–Crippen LogP) is 3.11. The maximum Gasteiger partial charge on any atom is 0.322 e. The van der Waals surface area contributed by atoms with Crippen LogP contribution in [0.25, 0.3) is 10.8 Å². The number of hydrogen-bond acceptors (Lipinski definition) is 4. The number of aliphatic imine (C=N–C) groups is 1. The molecule has 26 heavy (non-hydrogen) atoms. The van der Waals surface area contributed by atoms with Gasteiger partial charge in [0.15, 0.2) is 0 Å². The number of hydrogen-bond donors (Lipinski definition) is 3. The average Bonchev–Trinajstić information content (AvgIpc) is 2.65. The number of carbonyl (C=O) groups is 2. The van der Waals surface area contributed by atoms with Gasteiger partial charge in [-0.3, -0.25) is 14.6 Å². The third kappa shape index (κ3) is 3.87. The molecule has 0 saturated heterocycles. The van der Waals surface area contributed by atoms with Crippen LogP contribution in [0.5, 0.6) is 5.75 Å². The normalized spacial score (nSPS) is 10.9. The Labute approximate surface area is 149 Å². The quantitative estimate of drug-likeness (QED) is 0.617. The van der Waals surface area contributed by atoms with Crippen LogP contribution in [0.2, 0.25) is 0 Å². The molecule has 0 spiro atoms. The van der Waals surface area contributed by atoms with Gasteiger partial charge in [0.1, 0.15) is 12.3 Å². The molecule has 0 saturated carbocycles. The van der Waals surface area contributed by atoms with Crippen molar-refractivity contribution < 1.29 is 19.8 Å². The van der Waals surface area contributed by atoms with Crippen molar-refractivity contribution >= 4 is 34.6 Å². The van der Waals surface area contributed by atoms with E-state index in [0.717, 1.165) is 10.8 Å². The van der Waals surface area contributed by atoms with E-state index >= 15 is 0 Å². The van der Waals surface area contributed by atoms with Gasteiger partial charge in [-0.25, -0.2) is 0 Å². The molecule has 3 rings (SSSR count). The van der Waals surface area contributed by atoms with Crippen LogP contribution in [0, 0.1) is 0 Å². The summed E-state index contributed by atoms with van der Waals surface area (Å²) in [6, 6.07) is 17.6. The summed E-state index contributed by atoms with van der Waals surface area (Å²) in [5, 5.41) is 22.9. The number of fused-ring (bicyclic) bond motifs is 1. The highest BCUT2D eigenvalue weighted by Crippen LogP contribution is 2.26. The van der Waals surface area contributed by atoms with Crippen LogP contribution in [-0.4, -0.2) is 34.8 Å². The van der Waals surface area contributed by atoms with Crippen LogP contribution < -0.4 is 5.32 Å². The van der Waals surface area contributed by atoms with Crippen molar-refractivity contribution in [2.75, 3.05) is 6.54 Å². The van der Waals surface area contributed by atoms with Crippen molar-refractivity contribution in [3.63, 3.8) is 0 Å². The first-order chi connectivity index (χ1) is 12.5. The van der Waals surface area contributed by atoms with Crippen LogP contribution in [0.3, 0.4) is 0 Å². The minimum Gasteiger partial charge on any atom is -0.507 e. The third-order valence-electron chi connectivity index (χ3n) is 3.82. The zero-order valence-corrected chi connectivity index (χ0v) is 13.7. The fourth-order valence-corrected chi connectivity index (χ4v) is 2.52. The van der Waals surface area contributed by atoms with E-state index in [0.29, 0.717) is 16.8 Å². The zero-order chi connectivity index (χ0) is 18.5. The fraction of sp³-hybridized carbons (Fsp3) is 0.0500. The van der Waals surface area contributed by atoms with E-state index in [1.165, 1.54) is 0 Å². The molecule has 0 unspecified atom stereocenters. The van der Waals surface area contributed by atoms with Gasteiger partial charge >= 0.3 is 5.97 Å². The maximum atomic E-state index is 11.8. The highest BCUT2D eigenvalue weighted by molar-refractivity contribution is 6.03. The van der Waals surface area contributed by atoms with Gasteiger partial charge in [0.25, 0.3) is 5.91 Å². The summed E-state index contributed by atoms with van der Waals surface area (Å²) >= 11 is 0. The number of nitrogens with zero attached hydrogens (tertiary/aromatic N) is 1. The Bertz CT molecular complexity index is 994. The Morgan fingerprint density at radius 1 is 1.00 bits per heavy atom. The van der Waals surface area contributed by atoms with Crippen molar-refractivity contribution in [1.29, 1.82) is 0 Å². The molecule has 130 valence electrons. The van der Waals surface area contributed by atoms with Gasteiger partial charge in [0, 0.05) is 17.3 Å².